The maximum atomic E-state index is 12.6. The molecule has 0 saturated heterocycles. The molecule has 0 aromatic heterocycles. The summed E-state index contributed by atoms with van der Waals surface area (Å²) < 4.78 is 21.7. The van der Waals surface area contributed by atoms with E-state index in [1.807, 2.05) is 36.4 Å². The Labute approximate surface area is 194 Å². The zero-order valence-electron chi connectivity index (χ0n) is 19.8. The molecule has 0 radical (unpaired) electrons. The number of ether oxygens (including phenoxy) is 4. The second kappa shape index (κ2) is 9.57. The van der Waals surface area contributed by atoms with Crippen LogP contribution in [0.2, 0.25) is 0 Å². The fraction of sp³-hybridized carbons (Fsp3) is 0.385. The minimum absolute atomic E-state index is 0.0813. The lowest BCUT2D eigenvalue weighted by molar-refractivity contribution is -0.131. The molecule has 1 saturated carbocycles. The lowest BCUT2D eigenvalue weighted by Crippen LogP contribution is -2.30. The van der Waals surface area contributed by atoms with Crippen molar-refractivity contribution in [2.75, 3.05) is 28.4 Å². The Balaban J connectivity index is 1.72. The highest BCUT2D eigenvalue weighted by atomic mass is 16.5. The molecule has 0 bridgehead atoms. The number of carbonyl (C=O) groups excluding carboxylic acids is 1. The Hall–Kier alpha value is -3.48. The molecule has 2 aromatic rings. The first-order valence-electron chi connectivity index (χ1n) is 11.0. The Kier molecular flexibility index (Phi) is 6.58. The third kappa shape index (κ3) is 4.27. The molecule has 1 aliphatic heterocycles. The van der Waals surface area contributed by atoms with Crippen molar-refractivity contribution in [3.05, 3.63) is 53.1 Å². The molecule has 1 amide bonds. The second-order valence-corrected chi connectivity index (χ2v) is 8.19. The van der Waals surface area contributed by atoms with E-state index < -0.39 is 0 Å². The third-order valence-electron chi connectivity index (χ3n) is 6.32. The number of methoxy groups -OCH3 is 4. The first kappa shape index (κ1) is 22.7. The second-order valence-electron chi connectivity index (χ2n) is 8.19. The maximum absolute atomic E-state index is 12.6. The average molecular weight is 451 g/mol. The van der Waals surface area contributed by atoms with Crippen molar-refractivity contribution in [3.63, 3.8) is 0 Å². The number of hydrogen-bond acceptors (Lipinski definition) is 6. The number of hydrazone groups is 1. The predicted molar refractivity (Wildman–Crippen MR) is 127 cm³/mol. The van der Waals surface area contributed by atoms with Gasteiger partial charge in [-0.05, 0) is 66.3 Å². The van der Waals surface area contributed by atoms with Crippen molar-refractivity contribution in [3.8, 4) is 23.0 Å². The van der Waals surface area contributed by atoms with E-state index in [4.69, 9.17) is 24.0 Å². The van der Waals surface area contributed by atoms with Gasteiger partial charge in [-0.1, -0.05) is 12.1 Å². The van der Waals surface area contributed by atoms with Gasteiger partial charge in [0.15, 0.2) is 23.0 Å². The molecule has 2 atom stereocenters. The van der Waals surface area contributed by atoms with Gasteiger partial charge in [0.1, 0.15) is 0 Å². The SMILES string of the molecule is COc1ccc(/C=C2/CCC[C@H]3C2=NN(C(C)=O)[C@@H]3c2ccc(OC)c(OC)c2)cc1OC. The van der Waals surface area contributed by atoms with Crippen LogP contribution in [0.15, 0.2) is 47.1 Å². The molecular formula is C26H30N2O5. The van der Waals surface area contributed by atoms with Crippen LogP contribution in [0.5, 0.6) is 23.0 Å². The van der Waals surface area contributed by atoms with Gasteiger partial charge in [-0.3, -0.25) is 4.79 Å². The standard InChI is InChI=1S/C26H30N2O5/c1-16(29)28-26(19-10-12-22(31-3)24(15-19)33-5)20-8-6-7-18(25(20)27-28)13-17-9-11-21(30-2)23(14-17)32-4/h9-15,20,26H,6-8H2,1-5H3/b18-13-/t20-,26+/m0/s1. The average Bonchev–Trinajstić information content (AvgIpc) is 3.24. The summed E-state index contributed by atoms with van der Waals surface area (Å²) in [6.45, 7) is 1.56. The fourth-order valence-electron chi connectivity index (χ4n) is 4.78. The molecule has 174 valence electrons. The van der Waals surface area contributed by atoms with Crippen molar-refractivity contribution >= 4 is 17.7 Å². The summed E-state index contributed by atoms with van der Waals surface area (Å²) in [4.78, 5) is 12.6. The lowest BCUT2D eigenvalue weighted by Gasteiger charge is -2.29. The number of benzene rings is 2. The maximum Gasteiger partial charge on any atom is 0.240 e. The van der Waals surface area contributed by atoms with E-state index in [1.54, 1.807) is 40.4 Å². The monoisotopic (exact) mass is 450 g/mol. The van der Waals surface area contributed by atoms with Crippen LogP contribution in [0.3, 0.4) is 0 Å². The van der Waals surface area contributed by atoms with Gasteiger partial charge in [-0.25, -0.2) is 5.01 Å². The van der Waals surface area contributed by atoms with Crippen LogP contribution in [0.4, 0.5) is 0 Å². The van der Waals surface area contributed by atoms with Gasteiger partial charge in [-0.2, -0.15) is 5.10 Å². The normalized spacial score (nSPS) is 20.8. The molecular weight excluding hydrogens is 420 g/mol. The lowest BCUT2D eigenvalue weighted by atomic mass is 9.77. The van der Waals surface area contributed by atoms with Crippen LogP contribution in [-0.4, -0.2) is 45.1 Å². The predicted octanol–water partition coefficient (Wildman–Crippen LogP) is 4.86. The Morgan fingerprint density at radius 3 is 2.21 bits per heavy atom. The van der Waals surface area contributed by atoms with Crippen molar-refractivity contribution < 1.29 is 23.7 Å². The van der Waals surface area contributed by atoms with Crippen LogP contribution in [-0.2, 0) is 4.79 Å². The summed E-state index contributed by atoms with van der Waals surface area (Å²) in [6, 6.07) is 11.5. The van der Waals surface area contributed by atoms with Gasteiger partial charge in [0.05, 0.1) is 40.2 Å². The molecule has 1 heterocycles. The fourth-order valence-corrected chi connectivity index (χ4v) is 4.78. The van der Waals surface area contributed by atoms with Crippen LogP contribution in [0.25, 0.3) is 6.08 Å². The summed E-state index contributed by atoms with van der Waals surface area (Å²) in [5, 5.41) is 6.44. The van der Waals surface area contributed by atoms with E-state index in [0.29, 0.717) is 23.0 Å². The molecule has 4 rings (SSSR count). The molecule has 0 unspecified atom stereocenters. The zero-order valence-corrected chi connectivity index (χ0v) is 19.8. The highest BCUT2D eigenvalue weighted by molar-refractivity contribution is 6.08. The number of nitrogens with zero attached hydrogens (tertiary/aromatic N) is 2. The van der Waals surface area contributed by atoms with Crippen LogP contribution >= 0.6 is 0 Å². The number of hydrogen-bond donors (Lipinski definition) is 0. The molecule has 7 nitrogen and oxygen atoms in total. The van der Waals surface area contributed by atoms with E-state index in [1.165, 1.54) is 0 Å². The van der Waals surface area contributed by atoms with Gasteiger partial charge < -0.3 is 18.9 Å². The molecule has 0 N–H and O–H groups in total. The minimum atomic E-state index is -0.175. The molecule has 2 aliphatic rings. The summed E-state index contributed by atoms with van der Waals surface area (Å²) in [5.41, 5.74) is 4.12. The van der Waals surface area contributed by atoms with E-state index >= 15 is 0 Å². The first-order chi connectivity index (χ1) is 16.0. The third-order valence-corrected chi connectivity index (χ3v) is 6.32. The van der Waals surface area contributed by atoms with Crippen molar-refractivity contribution in [2.45, 2.75) is 32.2 Å². The van der Waals surface area contributed by atoms with Crippen LogP contribution < -0.4 is 18.9 Å². The van der Waals surface area contributed by atoms with E-state index in [-0.39, 0.29) is 17.9 Å². The van der Waals surface area contributed by atoms with Gasteiger partial charge in [0, 0.05) is 12.8 Å². The summed E-state index contributed by atoms with van der Waals surface area (Å²) in [5.74, 6) is 2.71. The van der Waals surface area contributed by atoms with E-state index in [9.17, 15) is 4.79 Å². The summed E-state index contributed by atoms with van der Waals surface area (Å²) >= 11 is 0. The Morgan fingerprint density at radius 2 is 1.58 bits per heavy atom. The number of fused-ring (bicyclic) bond motifs is 1. The van der Waals surface area contributed by atoms with Crippen molar-refractivity contribution in [1.82, 2.24) is 5.01 Å². The van der Waals surface area contributed by atoms with Gasteiger partial charge in [0.2, 0.25) is 5.91 Å². The van der Waals surface area contributed by atoms with E-state index in [0.717, 1.165) is 41.7 Å². The molecule has 2 aromatic carbocycles. The van der Waals surface area contributed by atoms with Crippen molar-refractivity contribution in [2.24, 2.45) is 11.0 Å². The number of rotatable bonds is 6. The van der Waals surface area contributed by atoms with Crippen molar-refractivity contribution in [1.29, 1.82) is 0 Å². The molecule has 33 heavy (non-hydrogen) atoms. The summed E-state index contributed by atoms with van der Waals surface area (Å²) in [6.07, 6.45) is 5.04. The van der Waals surface area contributed by atoms with Gasteiger partial charge in [0.25, 0.3) is 0 Å². The highest BCUT2D eigenvalue weighted by Crippen LogP contribution is 2.46. The quantitative estimate of drug-likeness (QED) is 0.628. The highest BCUT2D eigenvalue weighted by Gasteiger charge is 2.43. The van der Waals surface area contributed by atoms with Gasteiger partial charge >= 0.3 is 0 Å². The largest absolute Gasteiger partial charge is 0.493 e. The topological polar surface area (TPSA) is 69.6 Å². The van der Waals surface area contributed by atoms with E-state index in [2.05, 4.69) is 6.08 Å². The summed E-state index contributed by atoms with van der Waals surface area (Å²) in [7, 11) is 6.48. The Morgan fingerprint density at radius 1 is 0.939 bits per heavy atom. The number of amides is 1. The molecule has 0 spiro atoms. The number of carbonyl (C=O) groups is 1. The zero-order chi connectivity index (χ0) is 23.5. The Bertz CT molecular complexity index is 1110. The molecule has 1 aliphatic carbocycles. The number of allylic oxidation sites excluding steroid dienone is 1. The van der Waals surface area contributed by atoms with Crippen LogP contribution in [0.1, 0.15) is 43.4 Å². The molecule has 7 heteroatoms. The minimum Gasteiger partial charge on any atom is -0.493 e. The first-order valence-corrected chi connectivity index (χ1v) is 11.0. The van der Waals surface area contributed by atoms with Crippen LogP contribution in [0, 0.1) is 5.92 Å². The van der Waals surface area contributed by atoms with Gasteiger partial charge in [-0.15, -0.1) is 0 Å². The smallest absolute Gasteiger partial charge is 0.240 e. The molecule has 1 fully saturated rings.